The lowest BCUT2D eigenvalue weighted by Gasteiger charge is -2.20. The normalized spacial score (nSPS) is 29.6. The highest BCUT2D eigenvalue weighted by Crippen LogP contribution is 2.18. The van der Waals surface area contributed by atoms with Crippen molar-refractivity contribution in [2.45, 2.75) is 25.4 Å². The van der Waals surface area contributed by atoms with Crippen LogP contribution in [0.1, 0.15) is 19.3 Å². The molecule has 0 aromatic heterocycles. The standard InChI is InChI=1S/C7H12O3S/c1-2-4-7-5-3-6-11(8,9)10-7/h2,7H,1,3-6H2. The average molecular weight is 176 g/mol. The Labute approximate surface area is 67.2 Å². The molecule has 0 saturated carbocycles. The molecule has 1 aliphatic rings. The summed E-state index contributed by atoms with van der Waals surface area (Å²) >= 11 is 0. The van der Waals surface area contributed by atoms with Crippen molar-refractivity contribution >= 4 is 10.1 Å². The first-order valence-electron chi connectivity index (χ1n) is 3.66. The second-order valence-electron chi connectivity index (χ2n) is 2.65. The van der Waals surface area contributed by atoms with Crippen molar-refractivity contribution in [3.63, 3.8) is 0 Å². The van der Waals surface area contributed by atoms with Gasteiger partial charge in [-0.15, -0.1) is 6.58 Å². The maximum absolute atomic E-state index is 10.9. The van der Waals surface area contributed by atoms with E-state index in [0.717, 1.165) is 6.42 Å². The van der Waals surface area contributed by atoms with E-state index in [4.69, 9.17) is 4.18 Å². The van der Waals surface area contributed by atoms with Gasteiger partial charge in [-0.1, -0.05) is 6.08 Å². The van der Waals surface area contributed by atoms with Gasteiger partial charge in [-0.05, 0) is 19.3 Å². The van der Waals surface area contributed by atoms with Crippen LogP contribution in [0.3, 0.4) is 0 Å². The van der Waals surface area contributed by atoms with Crippen molar-refractivity contribution in [2.75, 3.05) is 5.75 Å². The first kappa shape index (κ1) is 8.74. The molecule has 11 heavy (non-hydrogen) atoms. The lowest BCUT2D eigenvalue weighted by Crippen LogP contribution is -2.26. The molecule has 1 atom stereocenters. The Bertz CT molecular complexity index is 230. The van der Waals surface area contributed by atoms with Crippen molar-refractivity contribution in [3.05, 3.63) is 12.7 Å². The van der Waals surface area contributed by atoms with E-state index in [-0.39, 0.29) is 11.9 Å². The Morgan fingerprint density at radius 3 is 2.91 bits per heavy atom. The highest BCUT2D eigenvalue weighted by molar-refractivity contribution is 7.86. The minimum Gasteiger partial charge on any atom is -0.266 e. The molecule has 64 valence electrons. The summed E-state index contributed by atoms with van der Waals surface area (Å²) in [6.07, 6.45) is 3.68. The molecule has 1 heterocycles. The van der Waals surface area contributed by atoms with E-state index in [1.54, 1.807) is 6.08 Å². The van der Waals surface area contributed by atoms with Crippen LogP contribution >= 0.6 is 0 Å². The van der Waals surface area contributed by atoms with Gasteiger partial charge in [0.25, 0.3) is 10.1 Å². The highest BCUT2D eigenvalue weighted by atomic mass is 32.2. The average Bonchev–Trinajstić information content (AvgIpc) is 1.85. The zero-order valence-corrected chi connectivity index (χ0v) is 7.14. The smallest absolute Gasteiger partial charge is 0.266 e. The van der Waals surface area contributed by atoms with Crippen LogP contribution in [0.5, 0.6) is 0 Å². The molecule has 0 aromatic rings. The summed E-state index contributed by atoms with van der Waals surface area (Å²) in [6, 6.07) is 0. The van der Waals surface area contributed by atoms with E-state index in [2.05, 4.69) is 6.58 Å². The molecule has 1 saturated heterocycles. The Hall–Kier alpha value is -0.350. The molecule has 1 fully saturated rings. The van der Waals surface area contributed by atoms with Gasteiger partial charge < -0.3 is 0 Å². The molecule has 1 aliphatic heterocycles. The van der Waals surface area contributed by atoms with Gasteiger partial charge in [0.05, 0.1) is 11.9 Å². The number of hydrogen-bond acceptors (Lipinski definition) is 3. The molecule has 0 aliphatic carbocycles. The lowest BCUT2D eigenvalue weighted by atomic mass is 10.1. The molecule has 0 bridgehead atoms. The third-order valence-corrected chi connectivity index (χ3v) is 2.99. The fourth-order valence-corrected chi connectivity index (χ4v) is 2.34. The highest BCUT2D eigenvalue weighted by Gasteiger charge is 2.23. The molecular formula is C7H12O3S. The summed E-state index contributed by atoms with van der Waals surface area (Å²) in [5.41, 5.74) is 0. The summed E-state index contributed by atoms with van der Waals surface area (Å²) in [4.78, 5) is 0. The van der Waals surface area contributed by atoms with E-state index < -0.39 is 10.1 Å². The van der Waals surface area contributed by atoms with Crippen LogP contribution < -0.4 is 0 Å². The van der Waals surface area contributed by atoms with Crippen LogP contribution in [0.4, 0.5) is 0 Å². The molecule has 1 unspecified atom stereocenters. The summed E-state index contributed by atoms with van der Waals surface area (Å²) in [7, 11) is -3.20. The van der Waals surface area contributed by atoms with Crippen LogP contribution in [0.2, 0.25) is 0 Å². The molecule has 0 radical (unpaired) electrons. The third kappa shape index (κ3) is 2.63. The zero-order valence-electron chi connectivity index (χ0n) is 6.32. The Morgan fingerprint density at radius 1 is 1.64 bits per heavy atom. The lowest BCUT2D eigenvalue weighted by molar-refractivity contribution is 0.185. The number of hydrogen-bond donors (Lipinski definition) is 0. The van der Waals surface area contributed by atoms with Crippen molar-refractivity contribution < 1.29 is 12.6 Å². The maximum atomic E-state index is 10.9. The summed E-state index contributed by atoms with van der Waals surface area (Å²) in [5, 5.41) is 0. The first-order valence-corrected chi connectivity index (χ1v) is 5.23. The molecule has 0 aromatic carbocycles. The van der Waals surface area contributed by atoms with E-state index in [1.807, 2.05) is 0 Å². The van der Waals surface area contributed by atoms with Gasteiger partial charge >= 0.3 is 0 Å². The van der Waals surface area contributed by atoms with Crippen molar-refractivity contribution in [2.24, 2.45) is 0 Å². The Kier molecular flexibility index (Phi) is 2.67. The molecule has 0 spiro atoms. The van der Waals surface area contributed by atoms with Crippen LogP contribution in [-0.4, -0.2) is 20.3 Å². The minimum absolute atomic E-state index is 0.161. The van der Waals surface area contributed by atoms with E-state index in [9.17, 15) is 8.42 Å². The molecule has 0 N–H and O–H groups in total. The SMILES string of the molecule is C=CCC1CCCS(=O)(=O)O1. The van der Waals surface area contributed by atoms with Gasteiger partial charge in [0, 0.05) is 0 Å². The van der Waals surface area contributed by atoms with Gasteiger partial charge in [-0.25, -0.2) is 0 Å². The predicted molar refractivity (Wildman–Crippen MR) is 42.7 cm³/mol. The van der Waals surface area contributed by atoms with Crippen molar-refractivity contribution in [1.29, 1.82) is 0 Å². The quantitative estimate of drug-likeness (QED) is 0.467. The molecule has 3 nitrogen and oxygen atoms in total. The van der Waals surface area contributed by atoms with Crippen LogP contribution in [0.25, 0.3) is 0 Å². The summed E-state index contributed by atoms with van der Waals surface area (Å²) in [5.74, 6) is 0.167. The second-order valence-corrected chi connectivity index (χ2v) is 4.36. The second kappa shape index (κ2) is 3.36. The van der Waals surface area contributed by atoms with Gasteiger partial charge in [0.15, 0.2) is 0 Å². The zero-order chi connectivity index (χ0) is 8.32. The maximum Gasteiger partial charge on any atom is 0.267 e. The van der Waals surface area contributed by atoms with Crippen LogP contribution in [-0.2, 0) is 14.3 Å². The largest absolute Gasteiger partial charge is 0.267 e. The van der Waals surface area contributed by atoms with Crippen molar-refractivity contribution in [3.8, 4) is 0 Å². The first-order chi connectivity index (χ1) is 5.14. The fraction of sp³-hybridized carbons (Fsp3) is 0.714. The van der Waals surface area contributed by atoms with Crippen LogP contribution in [0, 0.1) is 0 Å². The topological polar surface area (TPSA) is 43.4 Å². The molecule has 1 rings (SSSR count). The Morgan fingerprint density at radius 2 is 2.36 bits per heavy atom. The summed E-state index contributed by atoms with van der Waals surface area (Å²) in [6.45, 7) is 3.53. The fourth-order valence-electron chi connectivity index (χ4n) is 1.13. The molecule has 4 heteroatoms. The minimum atomic E-state index is -3.20. The molecule has 0 amide bonds. The van der Waals surface area contributed by atoms with E-state index in [1.165, 1.54) is 0 Å². The summed E-state index contributed by atoms with van der Waals surface area (Å²) < 4.78 is 26.6. The molecular weight excluding hydrogens is 164 g/mol. The van der Waals surface area contributed by atoms with Gasteiger partial charge in [-0.3, -0.25) is 4.18 Å². The van der Waals surface area contributed by atoms with Gasteiger partial charge in [0.1, 0.15) is 0 Å². The van der Waals surface area contributed by atoms with Gasteiger partial charge in [0.2, 0.25) is 0 Å². The van der Waals surface area contributed by atoms with Gasteiger partial charge in [-0.2, -0.15) is 8.42 Å². The third-order valence-electron chi connectivity index (χ3n) is 1.63. The number of rotatable bonds is 2. The van der Waals surface area contributed by atoms with Crippen molar-refractivity contribution in [1.82, 2.24) is 0 Å². The monoisotopic (exact) mass is 176 g/mol. The Balaban J connectivity index is 2.53. The predicted octanol–water partition coefficient (Wildman–Crippen LogP) is 1.07. The van der Waals surface area contributed by atoms with E-state index >= 15 is 0 Å². The van der Waals surface area contributed by atoms with E-state index in [0.29, 0.717) is 12.8 Å². The van der Waals surface area contributed by atoms with Crippen LogP contribution in [0.15, 0.2) is 12.7 Å².